The summed E-state index contributed by atoms with van der Waals surface area (Å²) in [5, 5.41) is 0. The van der Waals surface area contributed by atoms with E-state index < -0.39 is 0 Å². The Balaban J connectivity index is 1.73. The van der Waals surface area contributed by atoms with Crippen molar-refractivity contribution in [2.45, 2.75) is 23.0 Å². The number of hydrogen-bond acceptors (Lipinski definition) is 2. The molecule has 1 aromatic carbocycles. The van der Waals surface area contributed by atoms with Gasteiger partial charge in [0.05, 0.1) is 17.5 Å². The van der Waals surface area contributed by atoms with Gasteiger partial charge in [-0.1, -0.05) is 49.6 Å². The Bertz CT molecular complexity index is 598. The van der Waals surface area contributed by atoms with Crippen LogP contribution >= 0.6 is 31.9 Å². The largest absolute Gasteiger partial charge is 0.274 e. The number of carbonyl (C=O) groups is 2. The molecule has 1 aromatic rings. The first kappa shape index (κ1) is 13.9. The summed E-state index contributed by atoms with van der Waals surface area (Å²) in [4.78, 5) is 27.6. The number of nitrogens with zero attached hydrogens (tertiary/aromatic N) is 1. The SMILES string of the molecule is Cc1ccc(N2C(=O)[C@@H]3[C@@H]4C[C@@H]([C@H](Br)[C@@H]4Br)[C@@H]3C2=O)cc1. The van der Waals surface area contributed by atoms with Gasteiger partial charge in [0.15, 0.2) is 0 Å². The Kier molecular flexibility index (Phi) is 3.09. The average molecular weight is 413 g/mol. The van der Waals surface area contributed by atoms with Gasteiger partial charge in [-0.05, 0) is 37.3 Å². The molecule has 2 saturated carbocycles. The van der Waals surface area contributed by atoms with Crippen LogP contribution in [0.2, 0.25) is 0 Å². The Morgan fingerprint density at radius 2 is 1.43 bits per heavy atom. The zero-order valence-corrected chi connectivity index (χ0v) is 14.7. The van der Waals surface area contributed by atoms with Gasteiger partial charge in [-0.15, -0.1) is 0 Å². The molecule has 0 unspecified atom stereocenters. The second kappa shape index (κ2) is 4.66. The minimum atomic E-state index is -0.137. The molecular formula is C16H15Br2NO2. The molecule has 21 heavy (non-hydrogen) atoms. The van der Waals surface area contributed by atoms with Gasteiger partial charge in [0, 0.05) is 9.65 Å². The highest BCUT2D eigenvalue weighted by Gasteiger charge is 2.66. The van der Waals surface area contributed by atoms with Crippen molar-refractivity contribution in [1.29, 1.82) is 0 Å². The van der Waals surface area contributed by atoms with Crippen molar-refractivity contribution in [2.24, 2.45) is 23.7 Å². The third-order valence-electron chi connectivity index (χ3n) is 5.28. The van der Waals surface area contributed by atoms with E-state index in [2.05, 4.69) is 31.9 Å². The average Bonchev–Trinajstić information content (AvgIpc) is 3.06. The van der Waals surface area contributed by atoms with Crippen LogP contribution in [-0.2, 0) is 9.59 Å². The monoisotopic (exact) mass is 411 g/mol. The lowest BCUT2D eigenvalue weighted by Gasteiger charge is -2.28. The number of halogens is 2. The fraction of sp³-hybridized carbons (Fsp3) is 0.500. The predicted octanol–water partition coefficient (Wildman–Crippen LogP) is 3.28. The van der Waals surface area contributed by atoms with Gasteiger partial charge in [0.2, 0.25) is 11.8 Å². The van der Waals surface area contributed by atoms with Gasteiger partial charge in [-0.2, -0.15) is 0 Å². The Labute approximate surface area is 140 Å². The standard InChI is InChI=1S/C16H15Br2NO2/c1-7-2-4-8(5-3-7)19-15(20)11-9-6-10(12(11)16(19)21)14(18)13(9)17/h2-5,9-14H,6H2,1H3/t9-,10+,11+,12-,13+,14-. The van der Waals surface area contributed by atoms with E-state index in [4.69, 9.17) is 0 Å². The molecule has 3 fully saturated rings. The highest BCUT2D eigenvalue weighted by atomic mass is 79.9. The minimum absolute atomic E-state index is 0.00907. The molecule has 0 spiro atoms. The van der Waals surface area contributed by atoms with Gasteiger partial charge in [-0.25, -0.2) is 0 Å². The molecule has 2 amide bonds. The molecule has 0 radical (unpaired) electrons. The number of rotatable bonds is 1. The van der Waals surface area contributed by atoms with Crippen LogP contribution in [0.4, 0.5) is 5.69 Å². The normalized spacial score (nSPS) is 41.0. The fourth-order valence-electron chi connectivity index (χ4n) is 4.30. The molecule has 3 nitrogen and oxygen atoms in total. The lowest BCUT2D eigenvalue weighted by molar-refractivity contribution is -0.123. The summed E-state index contributed by atoms with van der Waals surface area (Å²) in [5.74, 6) is 0.256. The molecule has 2 aliphatic carbocycles. The van der Waals surface area contributed by atoms with E-state index in [1.165, 1.54) is 4.90 Å². The van der Waals surface area contributed by atoms with E-state index in [1.807, 2.05) is 31.2 Å². The van der Waals surface area contributed by atoms with Crippen LogP contribution in [-0.4, -0.2) is 21.5 Å². The summed E-state index contributed by atoms with van der Waals surface area (Å²) in [7, 11) is 0. The van der Waals surface area contributed by atoms with Crippen molar-refractivity contribution in [1.82, 2.24) is 0 Å². The lowest BCUT2D eigenvalue weighted by atomic mass is 9.81. The number of benzene rings is 1. The number of imide groups is 1. The van der Waals surface area contributed by atoms with Crippen LogP contribution in [0.25, 0.3) is 0 Å². The van der Waals surface area contributed by atoms with Crippen LogP contribution in [0.15, 0.2) is 24.3 Å². The third-order valence-corrected chi connectivity index (χ3v) is 8.49. The van der Waals surface area contributed by atoms with Gasteiger partial charge in [-0.3, -0.25) is 14.5 Å². The van der Waals surface area contributed by atoms with E-state index in [9.17, 15) is 9.59 Å². The minimum Gasteiger partial charge on any atom is -0.274 e. The molecule has 1 saturated heterocycles. The molecule has 6 atom stereocenters. The maximum absolute atomic E-state index is 12.8. The maximum Gasteiger partial charge on any atom is 0.238 e. The molecule has 110 valence electrons. The number of fused-ring (bicyclic) bond motifs is 5. The van der Waals surface area contributed by atoms with Crippen LogP contribution in [0.3, 0.4) is 0 Å². The quantitative estimate of drug-likeness (QED) is 0.524. The van der Waals surface area contributed by atoms with E-state index >= 15 is 0 Å². The Morgan fingerprint density at radius 3 is 1.90 bits per heavy atom. The molecule has 1 aliphatic heterocycles. The highest BCUT2D eigenvalue weighted by Crippen LogP contribution is 2.60. The molecule has 5 heteroatoms. The number of aryl methyl sites for hydroxylation is 1. The van der Waals surface area contributed by atoms with Crippen molar-refractivity contribution in [3.8, 4) is 0 Å². The zero-order valence-electron chi connectivity index (χ0n) is 11.5. The molecule has 0 N–H and O–H groups in total. The molecule has 0 aromatic heterocycles. The van der Waals surface area contributed by atoms with Gasteiger partial charge >= 0.3 is 0 Å². The van der Waals surface area contributed by atoms with Crippen molar-refractivity contribution < 1.29 is 9.59 Å². The number of anilines is 1. The number of alkyl halides is 2. The molecule has 2 bridgehead atoms. The first-order valence-electron chi connectivity index (χ1n) is 7.23. The third kappa shape index (κ3) is 1.76. The maximum atomic E-state index is 12.8. The summed E-state index contributed by atoms with van der Waals surface area (Å²) < 4.78 is 0. The van der Waals surface area contributed by atoms with Crippen LogP contribution < -0.4 is 4.90 Å². The van der Waals surface area contributed by atoms with Gasteiger partial charge in [0.1, 0.15) is 0 Å². The predicted molar refractivity (Wildman–Crippen MR) is 87.7 cm³/mol. The van der Waals surface area contributed by atoms with Gasteiger partial charge < -0.3 is 0 Å². The van der Waals surface area contributed by atoms with E-state index in [0.717, 1.165) is 12.0 Å². The topological polar surface area (TPSA) is 37.4 Å². The number of hydrogen-bond donors (Lipinski definition) is 0. The van der Waals surface area contributed by atoms with E-state index in [-0.39, 0.29) is 35.5 Å². The first-order valence-corrected chi connectivity index (χ1v) is 9.06. The zero-order chi connectivity index (χ0) is 14.9. The summed E-state index contributed by atoms with van der Waals surface area (Å²) in [6.45, 7) is 2.00. The van der Waals surface area contributed by atoms with Crippen LogP contribution in [0, 0.1) is 30.6 Å². The van der Waals surface area contributed by atoms with Crippen LogP contribution in [0.1, 0.15) is 12.0 Å². The Hall–Kier alpha value is -0.680. The number of carbonyl (C=O) groups excluding carboxylic acids is 2. The second-order valence-corrected chi connectivity index (χ2v) is 8.47. The summed E-state index contributed by atoms with van der Waals surface area (Å²) in [6.07, 6.45) is 0.973. The molecular weight excluding hydrogens is 398 g/mol. The second-order valence-electron chi connectivity index (χ2n) is 6.35. The van der Waals surface area contributed by atoms with Crippen molar-refractivity contribution in [3.63, 3.8) is 0 Å². The van der Waals surface area contributed by atoms with E-state index in [1.54, 1.807) is 0 Å². The summed E-state index contributed by atoms with van der Waals surface area (Å²) in [5.41, 5.74) is 1.83. The molecule has 1 heterocycles. The van der Waals surface area contributed by atoms with Crippen molar-refractivity contribution >= 4 is 49.4 Å². The highest BCUT2D eigenvalue weighted by molar-refractivity contribution is 9.12. The van der Waals surface area contributed by atoms with Crippen molar-refractivity contribution in [3.05, 3.63) is 29.8 Å². The molecule has 3 aliphatic rings. The summed E-state index contributed by atoms with van der Waals surface area (Å²) >= 11 is 7.40. The lowest BCUT2D eigenvalue weighted by Crippen LogP contribution is -2.37. The van der Waals surface area contributed by atoms with Crippen molar-refractivity contribution in [2.75, 3.05) is 4.90 Å². The number of amides is 2. The smallest absolute Gasteiger partial charge is 0.238 e. The Morgan fingerprint density at radius 1 is 0.952 bits per heavy atom. The molecule has 4 rings (SSSR count). The fourth-order valence-corrected chi connectivity index (χ4v) is 6.17. The summed E-state index contributed by atoms with van der Waals surface area (Å²) in [6, 6.07) is 7.62. The first-order chi connectivity index (χ1) is 10.0. The van der Waals surface area contributed by atoms with E-state index in [0.29, 0.717) is 15.3 Å². The van der Waals surface area contributed by atoms with Crippen LogP contribution in [0.5, 0.6) is 0 Å². The van der Waals surface area contributed by atoms with Gasteiger partial charge in [0.25, 0.3) is 0 Å².